The fourth-order valence-corrected chi connectivity index (χ4v) is 4.95. The van der Waals surface area contributed by atoms with E-state index in [1.807, 2.05) is 26.0 Å². The zero-order chi connectivity index (χ0) is 27.3. The minimum atomic E-state index is -3.81. The molecule has 0 saturated carbocycles. The Labute approximate surface area is 226 Å². The van der Waals surface area contributed by atoms with Crippen molar-refractivity contribution in [3.8, 4) is 5.75 Å². The van der Waals surface area contributed by atoms with Crippen molar-refractivity contribution in [1.29, 1.82) is 0 Å². The van der Waals surface area contributed by atoms with Crippen molar-refractivity contribution < 1.29 is 22.7 Å². The van der Waals surface area contributed by atoms with Gasteiger partial charge in [-0.3, -0.25) is 14.3 Å². The average Bonchev–Trinajstić information content (AvgIpc) is 2.91. The van der Waals surface area contributed by atoms with E-state index in [1.165, 1.54) is 30.3 Å². The van der Waals surface area contributed by atoms with Crippen LogP contribution in [0.1, 0.15) is 27.0 Å². The molecule has 0 atom stereocenters. The highest BCUT2D eigenvalue weighted by Gasteiger charge is 2.18. The number of halogens is 1. The van der Waals surface area contributed by atoms with Crippen molar-refractivity contribution in [2.75, 3.05) is 16.6 Å². The molecule has 4 aromatic rings. The quantitative estimate of drug-likeness (QED) is 0.250. The van der Waals surface area contributed by atoms with Crippen LogP contribution in [0.15, 0.2) is 95.9 Å². The third kappa shape index (κ3) is 6.59. The van der Waals surface area contributed by atoms with Crippen molar-refractivity contribution >= 4 is 44.7 Å². The van der Waals surface area contributed by atoms with Crippen molar-refractivity contribution in [3.63, 3.8) is 0 Å². The Kier molecular flexibility index (Phi) is 8.14. The molecular weight excluding hydrogens is 524 g/mol. The molecule has 0 fully saturated rings. The number of benzene rings is 4. The Balaban J connectivity index is 1.40. The molecule has 0 radical (unpaired) electrons. The average molecular weight is 549 g/mol. The maximum atomic E-state index is 12.9. The van der Waals surface area contributed by atoms with Crippen molar-refractivity contribution in [3.05, 3.63) is 118 Å². The number of amides is 1. The molecule has 0 unspecified atom stereocenters. The third-order valence-corrected chi connectivity index (χ3v) is 7.29. The molecule has 0 heterocycles. The van der Waals surface area contributed by atoms with E-state index in [0.717, 1.165) is 11.1 Å². The first-order valence-electron chi connectivity index (χ1n) is 11.6. The summed E-state index contributed by atoms with van der Waals surface area (Å²) in [5.41, 5.74) is 3.27. The number of ether oxygens (including phenoxy) is 1. The van der Waals surface area contributed by atoms with Gasteiger partial charge in [-0.2, -0.15) is 0 Å². The van der Waals surface area contributed by atoms with Crippen molar-refractivity contribution in [2.24, 2.45) is 0 Å². The molecule has 0 spiro atoms. The van der Waals surface area contributed by atoms with Crippen molar-refractivity contribution in [2.45, 2.75) is 18.7 Å². The number of anilines is 2. The molecule has 0 bridgehead atoms. The van der Waals surface area contributed by atoms with Crippen LogP contribution in [0.4, 0.5) is 11.4 Å². The summed E-state index contributed by atoms with van der Waals surface area (Å²) in [7, 11) is -3.81. The highest BCUT2D eigenvalue weighted by Crippen LogP contribution is 2.25. The maximum Gasteiger partial charge on any atom is 0.262 e. The molecule has 9 heteroatoms. The minimum Gasteiger partial charge on any atom is -0.484 e. The third-order valence-electron chi connectivity index (χ3n) is 5.68. The number of rotatable bonds is 9. The van der Waals surface area contributed by atoms with Crippen LogP contribution in [0.2, 0.25) is 5.02 Å². The monoisotopic (exact) mass is 548 g/mol. The van der Waals surface area contributed by atoms with Gasteiger partial charge in [-0.1, -0.05) is 54.1 Å². The normalized spacial score (nSPS) is 11.0. The van der Waals surface area contributed by atoms with Crippen LogP contribution < -0.4 is 14.8 Å². The predicted octanol–water partition coefficient (Wildman–Crippen LogP) is 6.01. The summed E-state index contributed by atoms with van der Waals surface area (Å²) in [6, 6.07) is 24.6. The maximum absolute atomic E-state index is 12.9. The smallest absolute Gasteiger partial charge is 0.262 e. The zero-order valence-corrected chi connectivity index (χ0v) is 22.3. The number of carbonyl (C=O) groups excluding carboxylic acids is 2. The van der Waals surface area contributed by atoms with E-state index < -0.39 is 15.9 Å². The SMILES string of the molecule is Cc1ccc(C)c(NS(=O)(=O)c2ccc(OCC(=O)Nc3ccc(Cl)cc3C(=O)c3ccccc3)cc2)c1. The standard InChI is InChI=1S/C29H25ClN2O5S/c1-19-8-9-20(2)27(16-19)32-38(35,36)24-13-11-23(12-14-24)37-18-28(33)31-26-15-10-22(30)17-25(26)29(34)21-6-4-3-5-7-21/h3-17,32H,18H2,1-2H3,(H,31,33). The predicted molar refractivity (Wildman–Crippen MR) is 149 cm³/mol. The lowest BCUT2D eigenvalue weighted by atomic mass is 10.0. The fourth-order valence-electron chi connectivity index (χ4n) is 3.66. The summed E-state index contributed by atoms with van der Waals surface area (Å²) in [5, 5.41) is 3.04. The van der Waals surface area contributed by atoms with Crippen LogP contribution in [-0.2, 0) is 14.8 Å². The van der Waals surface area contributed by atoms with Crippen molar-refractivity contribution in [1.82, 2.24) is 0 Å². The molecule has 4 rings (SSSR count). The first kappa shape index (κ1) is 26.9. The molecule has 2 N–H and O–H groups in total. The van der Waals surface area contributed by atoms with Crippen LogP contribution in [-0.4, -0.2) is 26.7 Å². The Morgan fingerprint density at radius 2 is 1.55 bits per heavy atom. The lowest BCUT2D eigenvalue weighted by Crippen LogP contribution is -2.21. The lowest BCUT2D eigenvalue weighted by Gasteiger charge is -2.13. The van der Waals surface area contributed by atoms with E-state index >= 15 is 0 Å². The number of aryl methyl sites for hydroxylation is 2. The van der Waals surface area contributed by atoms with E-state index in [9.17, 15) is 18.0 Å². The van der Waals surface area contributed by atoms with Gasteiger partial charge < -0.3 is 10.1 Å². The van der Waals surface area contributed by atoms with E-state index in [4.69, 9.17) is 16.3 Å². The van der Waals surface area contributed by atoms with Gasteiger partial charge in [-0.15, -0.1) is 0 Å². The summed E-state index contributed by atoms with van der Waals surface area (Å²) in [5.74, 6) is -0.471. The molecule has 1 amide bonds. The van der Waals surface area contributed by atoms with Gasteiger partial charge >= 0.3 is 0 Å². The van der Waals surface area contributed by atoms with Gasteiger partial charge in [-0.25, -0.2) is 8.42 Å². The van der Waals surface area contributed by atoms with E-state index in [1.54, 1.807) is 48.5 Å². The van der Waals surface area contributed by atoms with Crippen LogP contribution in [0.3, 0.4) is 0 Å². The van der Waals surface area contributed by atoms with Crippen LogP contribution >= 0.6 is 11.6 Å². The fraction of sp³-hybridized carbons (Fsp3) is 0.103. The molecule has 194 valence electrons. The van der Waals surface area contributed by atoms with Crippen LogP contribution in [0.25, 0.3) is 0 Å². The zero-order valence-electron chi connectivity index (χ0n) is 20.7. The van der Waals surface area contributed by atoms with Gasteiger partial charge in [0.25, 0.3) is 15.9 Å². The van der Waals surface area contributed by atoms with Gasteiger partial charge in [0, 0.05) is 16.1 Å². The molecular formula is C29H25ClN2O5S. The Bertz CT molecular complexity index is 1590. The van der Waals surface area contributed by atoms with Gasteiger partial charge in [-0.05, 0) is 73.5 Å². The molecule has 38 heavy (non-hydrogen) atoms. The number of carbonyl (C=O) groups is 2. The van der Waals surface area contributed by atoms with Gasteiger partial charge in [0.15, 0.2) is 12.4 Å². The summed E-state index contributed by atoms with van der Waals surface area (Å²) in [4.78, 5) is 25.6. The number of nitrogens with one attached hydrogen (secondary N) is 2. The second kappa shape index (κ2) is 11.5. The van der Waals surface area contributed by atoms with E-state index in [0.29, 0.717) is 27.7 Å². The number of hydrogen-bond donors (Lipinski definition) is 2. The second-order valence-electron chi connectivity index (χ2n) is 8.62. The number of ketones is 1. The Morgan fingerprint density at radius 1 is 0.842 bits per heavy atom. The molecule has 0 saturated heterocycles. The van der Waals surface area contributed by atoms with Gasteiger partial charge in [0.2, 0.25) is 0 Å². The Hall–Kier alpha value is -4.14. The summed E-state index contributed by atoms with van der Waals surface area (Å²) < 4.78 is 33.7. The molecule has 0 aliphatic carbocycles. The van der Waals surface area contributed by atoms with Crippen LogP contribution in [0, 0.1) is 13.8 Å². The minimum absolute atomic E-state index is 0.0560. The topological polar surface area (TPSA) is 102 Å². The summed E-state index contributed by atoms with van der Waals surface area (Å²) >= 11 is 6.09. The lowest BCUT2D eigenvalue weighted by molar-refractivity contribution is -0.118. The summed E-state index contributed by atoms with van der Waals surface area (Å²) in [6.07, 6.45) is 0. The van der Waals surface area contributed by atoms with Gasteiger partial charge in [0.1, 0.15) is 5.75 Å². The number of hydrogen-bond acceptors (Lipinski definition) is 5. The van der Waals surface area contributed by atoms with E-state index in [-0.39, 0.29) is 22.8 Å². The molecule has 0 aliphatic rings. The second-order valence-corrected chi connectivity index (χ2v) is 10.7. The first-order chi connectivity index (χ1) is 18.1. The van der Waals surface area contributed by atoms with Crippen LogP contribution in [0.5, 0.6) is 5.75 Å². The molecule has 7 nitrogen and oxygen atoms in total. The number of sulfonamides is 1. The molecule has 0 aromatic heterocycles. The summed E-state index contributed by atoms with van der Waals surface area (Å²) in [6.45, 7) is 3.35. The largest absolute Gasteiger partial charge is 0.484 e. The molecule has 4 aromatic carbocycles. The molecule has 0 aliphatic heterocycles. The van der Waals surface area contributed by atoms with Gasteiger partial charge in [0.05, 0.1) is 16.3 Å². The highest BCUT2D eigenvalue weighted by molar-refractivity contribution is 7.92. The van der Waals surface area contributed by atoms with E-state index in [2.05, 4.69) is 10.0 Å². The Morgan fingerprint density at radius 3 is 2.26 bits per heavy atom. The highest BCUT2D eigenvalue weighted by atomic mass is 35.5. The first-order valence-corrected chi connectivity index (χ1v) is 13.5.